The standard InChI is InChI=1S/C24H22N2O3S2/c1-2-16-8-3-5-10-19(16)26-21(27)14-25-24(28)23-18(15-31-22-12-7-13-30-22)17-9-4-6-11-20(17)29-23/h3-13H,2,14-15H2,1H3,(H,25,28)(H,26,27). The number of anilines is 1. The van der Waals surface area contributed by atoms with Gasteiger partial charge in [0.15, 0.2) is 5.76 Å². The molecule has 2 heterocycles. The van der Waals surface area contributed by atoms with Gasteiger partial charge in [0.1, 0.15) is 5.58 Å². The number of carbonyl (C=O) groups is 2. The first-order valence-electron chi connectivity index (χ1n) is 9.98. The van der Waals surface area contributed by atoms with Gasteiger partial charge >= 0.3 is 0 Å². The summed E-state index contributed by atoms with van der Waals surface area (Å²) in [4.78, 5) is 25.3. The molecule has 0 fully saturated rings. The van der Waals surface area contributed by atoms with E-state index in [0.29, 0.717) is 11.3 Å². The molecule has 0 radical (unpaired) electrons. The molecule has 4 rings (SSSR count). The molecule has 0 spiro atoms. The zero-order valence-electron chi connectivity index (χ0n) is 17.0. The zero-order chi connectivity index (χ0) is 21.6. The highest BCUT2D eigenvalue weighted by atomic mass is 32.2. The fourth-order valence-corrected chi connectivity index (χ4v) is 5.11. The van der Waals surface area contributed by atoms with Crippen molar-refractivity contribution in [1.82, 2.24) is 5.32 Å². The molecular formula is C24H22N2O3S2. The Hall–Kier alpha value is -3.03. The van der Waals surface area contributed by atoms with Crippen molar-refractivity contribution >= 4 is 51.6 Å². The number of hydrogen-bond acceptors (Lipinski definition) is 5. The molecule has 0 saturated heterocycles. The molecule has 0 atom stereocenters. The third kappa shape index (κ3) is 5.00. The Morgan fingerprint density at radius 3 is 2.65 bits per heavy atom. The Kier molecular flexibility index (Phi) is 6.74. The largest absolute Gasteiger partial charge is 0.451 e. The predicted octanol–water partition coefficient (Wildman–Crippen LogP) is 5.72. The minimum Gasteiger partial charge on any atom is -0.451 e. The van der Waals surface area contributed by atoms with Gasteiger partial charge < -0.3 is 15.1 Å². The van der Waals surface area contributed by atoms with Crippen molar-refractivity contribution in [2.24, 2.45) is 0 Å². The van der Waals surface area contributed by atoms with Gasteiger partial charge in [-0.3, -0.25) is 9.59 Å². The number of rotatable bonds is 8. The maximum atomic E-state index is 12.9. The number of thiophene rings is 1. The van der Waals surface area contributed by atoms with Crippen molar-refractivity contribution in [3.05, 3.63) is 82.9 Å². The minimum absolute atomic E-state index is 0.133. The molecule has 0 bridgehead atoms. The molecule has 0 saturated carbocycles. The van der Waals surface area contributed by atoms with Crippen LogP contribution in [0.25, 0.3) is 11.0 Å². The van der Waals surface area contributed by atoms with Crippen LogP contribution in [0.15, 0.2) is 74.7 Å². The van der Waals surface area contributed by atoms with Crippen LogP contribution in [0.3, 0.4) is 0 Å². The zero-order valence-corrected chi connectivity index (χ0v) is 18.6. The minimum atomic E-state index is -0.392. The second-order valence-corrected chi connectivity index (χ2v) is 9.09. The number of carbonyl (C=O) groups excluding carboxylic acids is 2. The molecule has 158 valence electrons. The topological polar surface area (TPSA) is 71.3 Å². The third-order valence-electron chi connectivity index (χ3n) is 4.84. The molecule has 5 nitrogen and oxygen atoms in total. The lowest BCUT2D eigenvalue weighted by atomic mass is 10.1. The lowest BCUT2D eigenvalue weighted by Crippen LogP contribution is -2.33. The second kappa shape index (κ2) is 9.85. The van der Waals surface area contributed by atoms with Crippen molar-refractivity contribution in [2.45, 2.75) is 23.3 Å². The third-order valence-corrected chi connectivity index (χ3v) is 7.00. The van der Waals surface area contributed by atoms with Gasteiger partial charge in [-0.2, -0.15) is 0 Å². The van der Waals surface area contributed by atoms with Gasteiger partial charge in [-0.05, 0) is 35.6 Å². The highest BCUT2D eigenvalue weighted by Crippen LogP contribution is 2.33. The number of hydrogen-bond donors (Lipinski definition) is 2. The van der Waals surface area contributed by atoms with E-state index < -0.39 is 5.91 Å². The van der Waals surface area contributed by atoms with Crippen molar-refractivity contribution in [2.75, 3.05) is 11.9 Å². The van der Waals surface area contributed by atoms with Gasteiger partial charge in [0.25, 0.3) is 5.91 Å². The summed E-state index contributed by atoms with van der Waals surface area (Å²) in [6.45, 7) is 1.90. The van der Waals surface area contributed by atoms with Crippen molar-refractivity contribution in [3.63, 3.8) is 0 Å². The van der Waals surface area contributed by atoms with Crippen molar-refractivity contribution in [1.29, 1.82) is 0 Å². The molecule has 0 aliphatic carbocycles. The van der Waals surface area contributed by atoms with Gasteiger partial charge in [0, 0.05) is 22.4 Å². The van der Waals surface area contributed by atoms with Gasteiger partial charge in [-0.1, -0.05) is 49.4 Å². The average Bonchev–Trinajstić information content (AvgIpc) is 3.44. The van der Waals surface area contributed by atoms with Crippen molar-refractivity contribution < 1.29 is 14.0 Å². The van der Waals surface area contributed by atoms with Crippen LogP contribution in [0.1, 0.15) is 28.6 Å². The smallest absolute Gasteiger partial charge is 0.287 e. The molecular weight excluding hydrogens is 428 g/mol. The first-order valence-corrected chi connectivity index (χ1v) is 11.8. The number of benzene rings is 2. The highest BCUT2D eigenvalue weighted by Gasteiger charge is 2.21. The fraction of sp³-hybridized carbons (Fsp3) is 0.167. The monoisotopic (exact) mass is 450 g/mol. The number of furan rings is 1. The quantitative estimate of drug-likeness (QED) is 0.337. The van der Waals surface area contributed by atoms with E-state index >= 15 is 0 Å². The van der Waals surface area contributed by atoms with E-state index in [1.54, 1.807) is 23.1 Å². The number of para-hydroxylation sites is 2. The first-order chi connectivity index (χ1) is 15.2. The normalized spacial score (nSPS) is 10.9. The Morgan fingerprint density at radius 2 is 1.84 bits per heavy atom. The van der Waals surface area contributed by atoms with E-state index in [2.05, 4.69) is 16.7 Å². The van der Waals surface area contributed by atoms with Gasteiger partial charge in [-0.25, -0.2) is 0 Å². The molecule has 2 aromatic heterocycles. The Morgan fingerprint density at radius 1 is 1.03 bits per heavy atom. The average molecular weight is 451 g/mol. The van der Waals surface area contributed by atoms with Gasteiger partial charge in [-0.15, -0.1) is 23.1 Å². The summed E-state index contributed by atoms with van der Waals surface area (Å²) >= 11 is 3.32. The number of amides is 2. The van der Waals surface area contributed by atoms with E-state index in [0.717, 1.165) is 28.6 Å². The van der Waals surface area contributed by atoms with Crippen LogP contribution in [-0.4, -0.2) is 18.4 Å². The van der Waals surface area contributed by atoms with E-state index in [-0.39, 0.29) is 18.2 Å². The lowest BCUT2D eigenvalue weighted by Gasteiger charge is -2.10. The summed E-state index contributed by atoms with van der Waals surface area (Å²) in [7, 11) is 0. The first kappa shape index (κ1) is 21.2. The molecule has 0 aliphatic heterocycles. The maximum absolute atomic E-state index is 12.9. The van der Waals surface area contributed by atoms with E-state index in [4.69, 9.17) is 4.42 Å². The Balaban J connectivity index is 1.47. The van der Waals surface area contributed by atoms with Crippen LogP contribution in [0.2, 0.25) is 0 Å². The summed E-state index contributed by atoms with van der Waals surface area (Å²) in [6, 6.07) is 19.3. The molecule has 2 N–H and O–H groups in total. The molecule has 2 amide bonds. The van der Waals surface area contributed by atoms with Crippen LogP contribution in [0.4, 0.5) is 5.69 Å². The number of fused-ring (bicyclic) bond motifs is 1. The second-order valence-electron chi connectivity index (χ2n) is 6.87. The summed E-state index contributed by atoms with van der Waals surface area (Å²) in [5.41, 5.74) is 3.31. The van der Waals surface area contributed by atoms with Crippen LogP contribution in [-0.2, 0) is 17.0 Å². The summed E-state index contributed by atoms with van der Waals surface area (Å²) in [5.74, 6) is 0.194. The predicted molar refractivity (Wildman–Crippen MR) is 127 cm³/mol. The van der Waals surface area contributed by atoms with E-state index in [1.165, 1.54) is 4.21 Å². The van der Waals surface area contributed by atoms with E-state index in [9.17, 15) is 9.59 Å². The Labute approximate surface area is 188 Å². The molecule has 2 aromatic carbocycles. The highest BCUT2D eigenvalue weighted by molar-refractivity contribution is 8.00. The molecule has 0 unspecified atom stereocenters. The van der Waals surface area contributed by atoms with E-state index in [1.807, 2.05) is 66.9 Å². The number of nitrogens with one attached hydrogen (secondary N) is 2. The number of thioether (sulfide) groups is 1. The summed E-state index contributed by atoms with van der Waals surface area (Å²) < 4.78 is 7.04. The SMILES string of the molecule is CCc1ccccc1NC(=O)CNC(=O)c1oc2ccccc2c1CSc1cccs1. The molecule has 0 aliphatic rings. The number of aryl methyl sites for hydroxylation is 1. The molecule has 31 heavy (non-hydrogen) atoms. The Bertz CT molecular complexity index is 1200. The fourth-order valence-electron chi connectivity index (χ4n) is 3.30. The van der Waals surface area contributed by atoms with Crippen LogP contribution in [0.5, 0.6) is 0 Å². The summed E-state index contributed by atoms with van der Waals surface area (Å²) in [5, 5.41) is 8.51. The van der Waals surface area contributed by atoms with Crippen molar-refractivity contribution in [3.8, 4) is 0 Å². The van der Waals surface area contributed by atoms with Crippen LogP contribution < -0.4 is 10.6 Å². The van der Waals surface area contributed by atoms with Gasteiger partial charge in [0.05, 0.1) is 10.8 Å². The van der Waals surface area contributed by atoms with Gasteiger partial charge in [0.2, 0.25) is 5.91 Å². The lowest BCUT2D eigenvalue weighted by molar-refractivity contribution is -0.115. The maximum Gasteiger partial charge on any atom is 0.287 e. The molecule has 7 heteroatoms. The van der Waals surface area contributed by atoms with Crippen LogP contribution in [0, 0.1) is 0 Å². The van der Waals surface area contributed by atoms with Crippen LogP contribution >= 0.6 is 23.1 Å². The summed E-state index contributed by atoms with van der Waals surface area (Å²) in [6.07, 6.45) is 0.813. The molecule has 4 aromatic rings.